The first-order valence-electron chi connectivity index (χ1n) is 7.00. The van der Waals surface area contributed by atoms with Crippen molar-refractivity contribution in [2.45, 2.75) is 65.7 Å². The monoisotopic (exact) mass is 239 g/mol. The van der Waals surface area contributed by atoms with Crippen molar-refractivity contribution < 1.29 is 4.79 Å². The second-order valence-corrected chi connectivity index (χ2v) is 4.99. The van der Waals surface area contributed by atoms with Crippen LogP contribution in [0.1, 0.15) is 65.7 Å². The third kappa shape index (κ3) is 10.1. The Balaban J connectivity index is 3.33. The molecule has 17 heavy (non-hydrogen) atoms. The van der Waals surface area contributed by atoms with E-state index in [1.807, 2.05) is 6.92 Å². The van der Waals surface area contributed by atoms with Gasteiger partial charge in [-0.25, -0.2) is 0 Å². The predicted molar refractivity (Wildman–Crippen MR) is 75.0 cm³/mol. The van der Waals surface area contributed by atoms with Gasteiger partial charge in [-0.1, -0.05) is 39.7 Å². The van der Waals surface area contributed by atoms with E-state index in [2.05, 4.69) is 18.8 Å². The van der Waals surface area contributed by atoms with Crippen molar-refractivity contribution in [3.63, 3.8) is 0 Å². The lowest BCUT2D eigenvalue weighted by Gasteiger charge is -2.10. The van der Waals surface area contributed by atoms with Crippen molar-refractivity contribution in [3.8, 4) is 0 Å². The van der Waals surface area contributed by atoms with Gasteiger partial charge in [-0.05, 0) is 32.6 Å². The van der Waals surface area contributed by atoms with Gasteiger partial charge in [0.2, 0.25) is 0 Å². The molecule has 0 aliphatic heterocycles. The summed E-state index contributed by atoms with van der Waals surface area (Å²) in [6.45, 7) is 10.9. The summed E-state index contributed by atoms with van der Waals surface area (Å²) in [7, 11) is 0. The van der Waals surface area contributed by atoms with Gasteiger partial charge < -0.3 is 5.32 Å². The highest BCUT2D eigenvalue weighted by Gasteiger charge is 2.06. The lowest BCUT2D eigenvalue weighted by molar-refractivity contribution is -0.120. The van der Waals surface area contributed by atoms with E-state index in [-0.39, 0.29) is 5.92 Å². The quantitative estimate of drug-likeness (QED) is 0.551. The molecule has 2 nitrogen and oxygen atoms in total. The lowest BCUT2D eigenvalue weighted by Crippen LogP contribution is -2.14. The standard InChI is InChI=1S/C15H29NO/c1-5-6-7-11-14(3)16-12-9-8-10-13(2)15(4)17/h13,16H,3,5-12H2,1-2,4H3/t13-/m1/s1. The average Bonchev–Trinajstić information content (AvgIpc) is 2.28. The zero-order valence-electron chi connectivity index (χ0n) is 11.8. The molecule has 0 aromatic heterocycles. The van der Waals surface area contributed by atoms with Crippen molar-refractivity contribution >= 4 is 5.78 Å². The van der Waals surface area contributed by atoms with E-state index in [9.17, 15) is 4.79 Å². The van der Waals surface area contributed by atoms with Crippen LogP contribution in [0, 0.1) is 5.92 Å². The first-order valence-corrected chi connectivity index (χ1v) is 7.00. The molecular formula is C15H29NO. The minimum atomic E-state index is 0.225. The molecule has 0 rings (SSSR count). The number of Topliss-reactive ketones (excluding diaryl/α,β-unsaturated/α-hetero) is 1. The van der Waals surface area contributed by atoms with Crippen LogP contribution in [0.2, 0.25) is 0 Å². The van der Waals surface area contributed by atoms with Crippen molar-refractivity contribution in [3.05, 3.63) is 12.3 Å². The Morgan fingerprint density at radius 2 is 1.94 bits per heavy atom. The van der Waals surface area contributed by atoms with E-state index < -0.39 is 0 Å². The molecule has 0 aliphatic rings. The minimum Gasteiger partial charge on any atom is -0.389 e. The minimum absolute atomic E-state index is 0.225. The Morgan fingerprint density at radius 1 is 1.24 bits per heavy atom. The van der Waals surface area contributed by atoms with Crippen LogP contribution in [-0.2, 0) is 4.79 Å². The Hall–Kier alpha value is -0.790. The van der Waals surface area contributed by atoms with Gasteiger partial charge >= 0.3 is 0 Å². The summed E-state index contributed by atoms with van der Waals surface area (Å²) in [6, 6.07) is 0. The molecule has 0 radical (unpaired) electrons. The Bertz CT molecular complexity index is 223. The number of rotatable bonds is 11. The maximum absolute atomic E-state index is 11.0. The maximum Gasteiger partial charge on any atom is 0.132 e. The third-order valence-corrected chi connectivity index (χ3v) is 3.22. The number of allylic oxidation sites excluding steroid dienone is 1. The molecular weight excluding hydrogens is 210 g/mol. The molecule has 0 saturated carbocycles. The Labute approximate surface area is 107 Å². The molecule has 0 fully saturated rings. The first kappa shape index (κ1) is 16.2. The number of carbonyl (C=O) groups is 1. The summed E-state index contributed by atoms with van der Waals surface area (Å²) in [6.07, 6.45) is 8.15. The number of nitrogens with one attached hydrogen (secondary N) is 1. The predicted octanol–water partition coefficient (Wildman–Crippen LogP) is 4.07. The van der Waals surface area contributed by atoms with E-state index in [4.69, 9.17) is 0 Å². The fourth-order valence-corrected chi connectivity index (χ4v) is 1.72. The van der Waals surface area contributed by atoms with Crippen molar-refractivity contribution in [1.29, 1.82) is 0 Å². The number of ketones is 1. The van der Waals surface area contributed by atoms with Crippen molar-refractivity contribution in [1.82, 2.24) is 5.32 Å². The van der Waals surface area contributed by atoms with Crippen LogP contribution < -0.4 is 5.32 Å². The number of unbranched alkanes of at least 4 members (excludes halogenated alkanes) is 3. The van der Waals surface area contributed by atoms with Crippen molar-refractivity contribution in [2.75, 3.05) is 6.54 Å². The largest absolute Gasteiger partial charge is 0.389 e. The van der Waals surface area contributed by atoms with E-state index in [1.165, 1.54) is 19.3 Å². The second kappa shape index (κ2) is 10.4. The topological polar surface area (TPSA) is 29.1 Å². The average molecular weight is 239 g/mol. The lowest BCUT2D eigenvalue weighted by atomic mass is 10.0. The number of hydrogen-bond acceptors (Lipinski definition) is 2. The van der Waals surface area contributed by atoms with Gasteiger partial charge in [0.1, 0.15) is 5.78 Å². The molecule has 0 aromatic carbocycles. The highest BCUT2D eigenvalue weighted by atomic mass is 16.1. The zero-order valence-corrected chi connectivity index (χ0v) is 11.8. The van der Waals surface area contributed by atoms with E-state index in [0.717, 1.165) is 37.9 Å². The summed E-state index contributed by atoms with van der Waals surface area (Å²) in [5.74, 6) is 0.532. The summed E-state index contributed by atoms with van der Waals surface area (Å²) >= 11 is 0. The van der Waals surface area contributed by atoms with Crippen LogP contribution in [0.3, 0.4) is 0 Å². The van der Waals surface area contributed by atoms with Crippen LogP contribution in [0.5, 0.6) is 0 Å². The second-order valence-electron chi connectivity index (χ2n) is 4.99. The van der Waals surface area contributed by atoms with Gasteiger partial charge in [0.15, 0.2) is 0 Å². The Morgan fingerprint density at radius 3 is 2.53 bits per heavy atom. The van der Waals surface area contributed by atoms with Crippen LogP contribution in [-0.4, -0.2) is 12.3 Å². The zero-order chi connectivity index (χ0) is 13.1. The van der Waals surface area contributed by atoms with Crippen molar-refractivity contribution in [2.24, 2.45) is 5.92 Å². The molecule has 0 aliphatic carbocycles. The summed E-state index contributed by atoms with van der Waals surface area (Å²) in [5.41, 5.74) is 1.16. The van der Waals surface area contributed by atoms with Gasteiger partial charge in [0.05, 0.1) is 0 Å². The van der Waals surface area contributed by atoms with E-state index in [0.29, 0.717) is 5.78 Å². The normalized spacial score (nSPS) is 12.2. The molecule has 0 bridgehead atoms. The molecule has 0 saturated heterocycles. The van der Waals surface area contributed by atoms with Gasteiger partial charge in [0.25, 0.3) is 0 Å². The Kier molecular flexibility index (Phi) is 9.89. The molecule has 1 N–H and O–H groups in total. The van der Waals surface area contributed by atoms with E-state index in [1.54, 1.807) is 6.92 Å². The van der Waals surface area contributed by atoms with Gasteiger partial charge in [-0.15, -0.1) is 0 Å². The summed E-state index contributed by atoms with van der Waals surface area (Å²) in [5, 5.41) is 3.37. The molecule has 0 heterocycles. The molecule has 0 unspecified atom stereocenters. The molecule has 0 amide bonds. The summed E-state index contributed by atoms with van der Waals surface area (Å²) < 4.78 is 0. The molecule has 0 spiro atoms. The fraction of sp³-hybridized carbons (Fsp3) is 0.800. The molecule has 2 heteroatoms. The molecule has 100 valence electrons. The van der Waals surface area contributed by atoms with Crippen LogP contribution in [0.4, 0.5) is 0 Å². The van der Waals surface area contributed by atoms with Gasteiger partial charge in [0, 0.05) is 18.2 Å². The van der Waals surface area contributed by atoms with Crippen LogP contribution in [0.25, 0.3) is 0 Å². The highest BCUT2D eigenvalue weighted by molar-refractivity contribution is 5.77. The SMILES string of the molecule is C=C(CCCCC)NCCCC[C@@H](C)C(C)=O. The summed E-state index contributed by atoms with van der Waals surface area (Å²) in [4.78, 5) is 11.0. The van der Waals surface area contributed by atoms with Gasteiger partial charge in [-0.2, -0.15) is 0 Å². The smallest absolute Gasteiger partial charge is 0.132 e. The highest BCUT2D eigenvalue weighted by Crippen LogP contribution is 2.09. The maximum atomic E-state index is 11.0. The number of carbonyl (C=O) groups excluding carboxylic acids is 1. The van der Waals surface area contributed by atoms with Crippen LogP contribution in [0.15, 0.2) is 12.3 Å². The van der Waals surface area contributed by atoms with E-state index >= 15 is 0 Å². The van der Waals surface area contributed by atoms with Gasteiger partial charge in [-0.3, -0.25) is 4.79 Å². The first-order chi connectivity index (χ1) is 8.07. The molecule has 0 aromatic rings. The fourth-order valence-electron chi connectivity index (χ4n) is 1.72. The molecule has 1 atom stereocenters. The number of hydrogen-bond donors (Lipinski definition) is 1. The third-order valence-electron chi connectivity index (χ3n) is 3.22. The van der Waals surface area contributed by atoms with Crippen LogP contribution >= 0.6 is 0 Å².